The van der Waals surface area contributed by atoms with Crippen LogP contribution in [0.2, 0.25) is 0 Å². The van der Waals surface area contributed by atoms with Gasteiger partial charge in [-0.15, -0.1) is 0 Å². The Morgan fingerprint density at radius 1 is 1.50 bits per heavy atom. The number of likely N-dealkylation sites (tertiary alicyclic amines) is 1. The summed E-state index contributed by atoms with van der Waals surface area (Å²) in [6.45, 7) is 5.77. The molecule has 4 nitrogen and oxygen atoms in total. The lowest BCUT2D eigenvalue weighted by atomic mass is 10.1. The van der Waals surface area contributed by atoms with Gasteiger partial charge in [0.25, 0.3) is 0 Å². The summed E-state index contributed by atoms with van der Waals surface area (Å²) >= 11 is 0. The zero-order valence-electron chi connectivity index (χ0n) is 11.4. The van der Waals surface area contributed by atoms with Gasteiger partial charge in [-0.1, -0.05) is 6.92 Å². The highest BCUT2D eigenvalue weighted by molar-refractivity contribution is 4.99. The van der Waals surface area contributed by atoms with Crippen molar-refractivity contribution in [2.75, 3.05) is 13.2 Å². The van der Waals surface area contributed by atoms with Crippen molar-refractivity contribution in [1.82, 2.24) is 14.5 Å². The van der Waals surface area contributed by atoms with Crippen molar-refractivity contribution in [3.05, 3.63) is 18.2 Å². The smallest absolute Gasteiger partial charge is 0.0948 e. The van der Waals surface area contributed by atoms with Gasteiger partial charge in [0.2, 0.25) is 0 Å². The van der Waals surface area contributed by atoms with Gasteiger partial charge in [-0.25, -0.2) is 4.98 Å². The second kappa shape index (κ2) is 6.90. The summed E-state index contributed by atoms with van der Waals surface area (Å²) in [4.78, 5) is 6.82. The molecule has 0 amide bonds. The van der Waals surface area contributed by atoms with E-state index in [2.05, 4.69) is 21.4 Å². The fourth-order valence-electron chi connectivity index (χ4n) is 2.89. The molecular formula is C14H25N3O. The summed E-state index contributed by atoms with van der Waals surface area (Å²) in [6.07, 6.45) is 9.71. The molecule has 18 heavy (non-hydrogen) atoms. The third-order valence-corrected chi connectivity index (χ3v) is 3.82. The minimum absolute atomic E-state index is 0.318. The molecule has 1 N–H and O–H groups in total. The number of imidazole rings is 1. The van der Waals surface area contributed by atoms with Crippen LogP contribution in [0.15, 0.2) is 12.5 Å². The van der Waals surface area contributed by atoms with E-state index < -0.39 is 0 Å². The molecule has 102 valence electrons. The first kappa shape index (κ1) is 13.6. The third kappa shape index (κ3) is 3.33. The highest BCUT2D eigenvalue weighted by atomic mass is 16.2. The first-order valence-corrected chi connectivity index (χ1v) is 7.19. The lowest BCUT2D eigenvalue weighted by Gasteiger charge is -2.24. The maximum Gasteiger partial charge on any atom is 0.0948 e. The summed E-state index contributed by atoms with van der Waals surface area (Å²) in [7, 11) is 0. The normalized spacial score (nSPS) is 20.7. The van der Waals surface area contributed by atoms with Crippen molar-refractivity contribution in [3.63, 3.8) is 0 Å². The van der Waals surface area contributed by atoms with E-state index in [0.29, 0.717) is 12.6 Å². The predicted molar refractivity (Wildman–Crippen MR) is 72.3 cm³/mol. The van der Waals surface area contributed by atoms with Crippen molar-refractivity contribution in [2.45, 2.75) is 58.2 Å². The van der Waals surface area contributed by atoms with Crippen molar-refractivity contribution in [2.24, 2.45) is 0 Å². The van der Waals surface area contributed by atoms with E-state index in [-0.39, 0.29) is 0 Å². The Hall–Kier alpha value is -0.870. The number of aliphatic hydroxyl groups is 1. The lowest BCUT2D eigenvalue weighted by molar-refractivity contribution is 0.206. The molecule has 1 saturated heterocycles. The maximum atomic E-state index is 8.95. The number of hydrogen-bond acceptors (Lipinski definition) is 3. The van der Waals surface area contributed by atoms with Gasteiger partial charge in [-0.3, -0.25) is 4.90 Å². The quantitative estimate of drug-likeness (QED) is 0.806. The molecule has 0 saturated carbocycles. The summed E-state index contributed by atoms with van der Waals surface area (Å²) in [5.41, 5.74) is 1.33. The SMILES string of the molecule is CCCn1cncc1CN1CCCC1CCCO. The number of nitrogens with zero attached hydrogens (tertiary/aromatic N) is 3. The molecule has 1 aliphatic heterocycles. The van der Waals surface area contributed by atoms with Gasteiger partial charge in [0.1, 0.15) is 0 Å². The number of hydrogen-bond donors (Lipinski definition) is 1. The minimum Gasteiger partial charge on any atom is -0.396 e. The molecule has 0 spiro atoms. The monoisotopic (exact) mass is 251 g/mol. The van der Waals surface area contributed by atoms with Crippen molar-refractivity contribution in [1.29, 1.82) is 0 Å². The van der Waals surface area contributed by atoms with Crippen LogP contribution in [0.4, 0.5) is 0 Å². The molecule has 1 aromatic heterocycles. The molecule has 1 aliphatic rings. The van der Waals surface area contributed by atoms with Gasteiger partial charge >= 0.3 is 0 Å². The molecule has 4 heteroatoms. The Kier molecular flexibility index (Phi) is 5.20. The summed E-state index contributed by atoms with van der Waals surface area (Å²) < 4.78 is 2.27. The Labute approximate surface area is 110 Å². The maximum absolute atomic E-state index is 8.95. The van der Waals surface area contributed by atoms with Crippen molar-refractivity contribution >= 4 is 0 Å². The van der Waals surface area contributed by atoms with Gasteiger partial charge in [-0.05, 0) is 38.6 Å². The minimum atomic E-state index is 0.318. The zero-order valence-corrected chi connectivity index (χ0v) is 11.4. The zero-order chi connectivity index (χ0) is 12.8. The molecule has 1 unspecified atom stereocenters. The number of aromatic nitrogens is 2. The lowest BCUT2D eigenvalue weighted by Crippen LogP contribution is -2.30. The van der Waals surface area contributed by atoms with Gasteiger partial charge in [-0.2, -0.15) is 0 Å². The molecule has 0 aromatic carbocycles. The van der Waals surface area contributed by atoms with Gasteiger partial charge < -0.3 is 9.67 Å². The standard InChI is InChI=1S/C14H25N3O/c1-2-7-17-12-15-10-14(17)11-16-8-3-5-13(16)6-4-9-18/h10,12-13,18H,2-9,11H2,1H3. The van der Waals surface area contributed by atoms with Crippen LogP contribution in [0.3, 0.4) is 0 Å². The summed E-state index contributed by atoms with van der Waals surface area (Å²) in [6, 6.07) is 0.655. The summed E-state index contributed by atoms with van der Waals surface area (Å²) in [5.74, 6) is 0. The van der Waals surface area contributed by atoms with Crippen LogP contribution in [-0.4, -0.2) is 38.8 Å². The Morgan fingerprint density at radius 3 is 3.17 bits per heavy atom. The van der Waals surface area contributed by atoms with Crippen molar-refractivity contribution in [3.8, 4) is 0 Å². The molecule has 0 aliphatic carbocycles. The Bertz CT molecular complexity index is 351. The molecule has 1 aromatic rings. The first-order valence-electron chi connectivity index (χ1n) is 7.19. The van der Waals surface area contributed by atoms with Crippen LogP contribution in [0.5, 0.6) is 0 Å². The highest BCUT2D eigenvalue weighted by Crippen LogP contribution is 2.23. The van der Waals surface area contributed by atoms with E-state index in [4.69, 9.17) is 5.11 Å². The fourth-order valence-corrected chi connectivity index (χ4v) is 2.89. The average molecular weight is 251 g/mol. The predicted octanol–water partition coefficient (Wildman–Crippen LogP) is 2.03. The van der Waals surface area contributed by atoms with Crippen LogP contribution < -0.4 is 0 Å². The van der Waals surface area contributed by atoms with E-state index in [1.165, 1.54) is 25.1 Å². The second-order valence-electron chi connectivity index (χ2n) is 5.21. The number of rotatable bonds is 7. The van der Waals surface area contributed by atoms with Crippen LogP contribution in [0, 0.1) is 0 Å². The second-order valence-corrected chi connectivity index (χ2v) is 5.21. The Balaban J connectivity index is 1.92. The van der Waals surface area contributed by atoms with E-state index in [0.717, 1.165) is 32.4 Å². The number of aliphatic hydroxyl groups excluding tert-OH is 1. The fraction of sp³-hybridized carbons (Fsp3) is 0.786. The van der Waals surface area contributed by atoms with Gasteiger partial charge in [0.15, 0.2) is 0 Å². The molecule has 1 fully saturated rings. The topological polar surface area (TPSA) is 41.3 Å². The van der Waals surface area contributed by atoms with Crippen LogP contribution >= 0.6 is 0 Å². The molecule has 2 rings (SSSR count). The van der Waals surface area contributed by atoms with E-state index >= 15 is 0 Å². The van der Waals surface area contributed by atoms with Crippen LogP contribution in [0.25, 0.3) is 0 Å². The third-order valence-electron chi connectivity index (χ3n) is 3.82. The molecule has 0 radical (unpaired) electrons. The molecule has 1 atom stereocenters. The first-order chi connectivity index (χ1) is 8.85. The largest absolute Gasteiger partial charge is 0.396 e. The van der Waals surface area contributed by atoms with E-state index in [1.54, 1.807) is 0 Å². The summed E-state index contributed by atoms with van der Waals surface area (Å²) in [5, 5.41) is 8.95. The Morgan fingerprint density at radius 2 is 2.39 bits per heavy atom. The highest BCUT2D eigenvalue weighted by Gasteiger charge is 2.24. The van der Waals surface area contributed by atoms with E-state index in [1.807, 2.05) is 12.5 Å². The van der Waals surface area contributed by atoms with Crippen LogP contribution in [0.1, 0.15) is 44.7 Å². The molecule has 2 heterocycles. The molecule has 0 bridgehead atoms. The van der Waals surface area contributed by atoms with Crippen LogP contribution in [-0.2, 0) is 13.1 Å². The average Bonchev–Trinajstić information content (AvgIpc) is 2.98. The van der Waals surface area contributed by atoms with Gasteiger partial charge in [0.05, 0.1) is 12.0 Å². The van der Waals surface area contributed by atoms with Gasteiger partial charge in [0, 0.05) is 31.9 Å². The number of aryl methyl sites for hydroxylation is 1. The van der Waals surface area contributed by atoms with E-state index in [9.17, 15) is 0 Å². The van der Waals surface area contributed by atoms with Crippen molar-refractivity contribution < 1.29 is 5.11 Å². The molecular weight excluding hydrogens is 226 g/mol.